The molecule has 5 N–H and O–H groups in total. The maximum absolute atomic E-state index is 9.88. The monoisotopic (exact) mass is 408 g/mol. The topological polar surface area (TPSA) is 126 Å². The van der Waals surface area contributed by atoms with Gasteiger partial charge in [-0.25, -0.2) is 0 Å². The quantitative estimate of drug-likeness (QED) is 0.360. The number of aliphatic hydroxyl groups excluding tert-OH is 5. The van der Waals surface area contributed by atoms with Crippen LogP contribution >= 0.6 is 0 Å². The van der Waals surface area contributed by atoms with Crippen LogP contribution in [0.3, 0.4) is 0 Å². The highest BCUT2D eigenvalue weighted by atomic mass is 16.4. The Balaban J connectivity index is 1.66. The van der Waals surface area contributed by atoms with Gasteiger partial charge in [0.15, 0.2) is 0 Å². The first-order valence-electron chi connectivity index (χ1n) is 9.49. The number of hydrogen-bond donors (Lipinski definition) is 5. The van der Waals surface area contributed by atoms with Crippen molar-refractivity contribution in [3.8, 4) is 0 Å². The molecule has 0 unspecified atom stereocenters. The highest BCUT2D eigenvalue weighted by molar-refractivity contribution is 5.90. The Morgan fingerprint density at radius 3 is 2.33 bits per heavy atom. The van der Waals surface area contributed by atoms with Gasteiger partial charge in [0, 0.05) is 17.8 Å². The van der Waals surface area contributed by atoms with Gasteiger partial charge >= 0.3 is 0 Å². The summed E-state index contributed by atoms with van der Waals surface area (Å²) >= 11 is 0. The van der Waals surface area contributed by atoms with Gasteiger partial charge in [0.2, 0.25) is 0 Å². The Morgan fingerprint density at radius 1 is 0.867 bits per heavy atom. The molecular formula is C23H24N2O5. The van der Waals surface area contributed by atoms with Crippen LogP contribution in [0.15, 0.2) is 65.8 Å². The molecule has 0 radical (unpaired) electrons. The number of aliphatic imine (C=N–C) groups is 1. The molecule has 30 heavy (non-hydrogen) atoms. The Hall–Kier alpha value is -2.94. The Labute approximate surface area is 173 Å². The van der Waals surface area contributed by atoms with E-state index in [-0.39, 0.29) is 0 Å². The lowest BCUT2D eigenvalue weighted by molar-refractivity contribution is -0.0999. The third kappa shape index (κ3) is 5.35. The minimum absolute atomic E-state index is 0.546. The molecule has 0 fully saturated rings. The van der Waals surface area contributed by atoms with E-state index in [9.17, 15) is 20.4 Å². The standard InChI is InChI=1S/C23H24N2O5/c26-14-21(28)23(30)22(29)20(27)13-25-17-9-6-15(7-10-17)5-8-16-11-12-24-19-4-2-1-3-18(16)19/h1-13,20-23,26-30H,14H2/b8-5+,25-13?/t20-,21+,22-,23+/m1/s1. The van der Waals surface area contributed by atoms with E-state index < -0.39 is 31.0 Å². The minimum Gasteiger partial charge on any atom is -0.394 e. The lowest BCUT2D eigenvalue weighted by Crippen LogP contribution is -2.46. The van der Waals surface area contributed by atoms with Crippen molar-refractivity contribution >= 4 is 35.0 Å². The summed E-state index contributed by atoms with van der Waals surface area (Å²) in [4.78, 5) is 8.42. The van der Waals surface area contributed by atoms with Crippen LogP contribution in [0.1, 0.15) is 11.1 Å². The van der Waals surface area contributed by atoms with Crippen molar-refractivity contribution in [1.29, 1.82) is 0 Å². The van der Waals surface area contributed by atoms with Gasteiger partial charge in [-0.15, -0.1) is 0 Å². The number of aliphatic hydroxyl groups is 5. The van der Waals surface area contributed by atoms with Crippen molar-refractivity contribution in [2.75, 3.05) is 6.61 Å². The number of hydrogen-bond acceptors (Lipinski definition) is 7. The molecule has 0 aliphatic heterocycles. The van der Waals surface area contributed by atoms with Crippen molar-refractivity contribution in [1.82, 2.24) is 4.98 Å². The maximum atomic E-state index is 9.88. The average molecular weight is 408 g/mol. The molecule has 7 nitrogen and oxygen atoms in total. The molecule has 0 aliphatic rings. The largest absolute Gasteiger partial charge is 0.394 e. The smallest absolute Gasteiger partial charge is 0.118 e. The van der Waals surface area contributed by atoms with E-state index in [2.05, 4.69) is 9.98 Å². The second-order valence-electron chi connectivity index (χ2n) is 6.84. The lowest BCUT2D eigenvalue weighted by Gasteiger charge is -2.23. The van der Waals surface area contributed by atoms with Crippen molar-refractivity contribution < 1.29 is 25.5 Å². The molecule has 3 aromatic rings. The van der Waals surface area contributed by atoms with Crippen LogP contribution in [0.5, 0.6) is 0 Å². The molecule has 1 aromatic heterocycles. The average Bonchev–Trinajstić information content (AvgIpc) is 2.80. The Morgan fingerprint density at radius 2 is 1.60 bits per heavy atom. The number of para-hydroxylation sites is 1. The third-order valence-electron chi connectivity index (χ3n) is 4.69. The molecular weight excluding hydrogens is 384 g/mol. The van der Waals surface area contributed by atoms with Gasteiger partial charge in [0.1, 0.15) is 24.4 Å². The molecule has 0 aliphatic carbocycles. The lowest BCUT2D eigenvalue weighted by atomic mass is 10.0. The second kappa shape index (κ2) is 10.2. The first kappa shape index (κ1) is 21.8. The number of pyridine rings is 1. The molecule has 0 bridgehead atoms. The van der Waals surface area contributed by atoms with Crippen LogP contribution in [-0.4, -0.2) is 67.8 Å². The van der Waals surface area contributed by atoms with Gasteiger partial charge in [0.25, 0.3) is 0 Å². The van der Waals surface area contributed by atoms with Crippen LogP contribution in [-0.2, 0) is 0 Å². The fourth-order valence-corrected chi connectivity index (χ4v) is 2.91. The molecule has 156 valence electrons. The van der Waals surface area contributed by atoms with E-state index in [1.54, 1.807) is 18.3 Å². The van der Waals surface area contributed by atoms with E-state index in [1.807, 2.05) is 54.6 Å². The maximum Gasteiger partial charge on any atom is 0.118 e. The van der Waals surface area contributed by atoms with Crippen molar-refractivity contribution in [3.63, 3.8) is 0 Å². The first-order valence-corrected chi connectivity index (χ1v) is 9.49. The molecule has 3 rings (SSSR count). The number of benzene rings is 2. The van der Waals surface area contributed by atoms with Crippen molar-refractivity contribution in [2.24, 2.45) is 4.99 Å². The fourth-order valence-electron chi connectivity index (χ4n) is 2.91. The summed E-state index contributed by atoms with van der Waals surface area (Å²) in [5.74, 6) is 0. The predicted octanol–water partition coefficient (Wildman–Crippen LogP) is 1.54. The number of nitrogens with zero attached hydrogens (tertiary/aromatic N) is 2. The van der Waals surface area contributed by atoms with E-state index >= 15 is 0 Å². The summed E-state index contributed by atoms with van der Waals surface area (Å²) in [6.07, 6.45) is 0.424. The number of fused-ring (bicyclic) bond motifs is 1. The predicted molar refractivity (Wildman–Crippen MR) is 116 cm³/mol. The Bertz CT molecular complexity index is 1010. The van der Waals surface area contributed by atoms with E-state index in [4.69, 9.17) is 5.11 Å². The fraction of sp³-hybridized carbons (Fsp3) is 0.217. The highest BCUT2D eigenvalue weighted by Gasteiger charge is 2.29. The van der Waals surface area contributed by atoms with Crippen LogP contribution < -0.4 is 0 Å². The van der Waals surface area contributed by atoms with Crippen LogP contribution in [0.2, 0.25) is 0 Å². The van der Waals surface area contributed by atoms with Crippen molar-refractivity contribution in [3.05, 3.63) is 71.9 Å². The summed E-state index contributed by atoms with van der Waals surface area (Å²) in [7, 11) is 0. The molecule has 0 saturated carbocycles. The third-order valence-corrected chi connectivity index (χ3v) is 4.69. The van der Waals surface area contributed by atoms with Gasteiger partial charge in [-0.1, -0.05) is 42.5 Å². The molecule has 0 saturated heterocycles. The van der Waals surface area contributed by atoms with Gasteiger partial charge in [-0.2, -0.15) is 0 Å². The molecule has 1 heterocycles. The normalized spacial score (nSPS) is 16.2. The zero-order valence-electron chi connectivity index (χ0n) is 16.2. The zero-order valence-corrected chi connectivity index (χ0v) is 16.2. The summed E-state index contributed by atoms with van der Waals surface area (Å²) in [6.45, 7) is -0.730. The second-order valence-corrected chi connectivity index (χ2v) is 6.84. The number of rotatable bonds is 8. The number of aromatic nitrogens is 1. The molecule has 2 aromatic carbocycles. The molecule has 7 heteroatoms. The summed E-state index contributed by atoms with van der Waals surface area (Å²) in [5, 5.41) is 48.5. The first-order chi connectivity index (χ1) is 14.5. The van der Waals surface area contributed by atoms with Gasteiger partial charge in [0.05, 0.1) is 17.8 Å². The summed E-state index contributed by atoms with van der Waals surface area (Å²) < 4.78 is 0. The van der Waals surface area contributed by atoms with E-state index in [1.165, 1.54) is 0 Å². The van der Waals surface area contributed by atoms with E-state index in [0.29, 0.717) is 5.69 Å². The van der Waals surface area contributed by atoms with Gasteiger partial charge < -0.3 is 25.5 Å². The highest BCUT2D eigenvalue weighted by Crippen LogP contribution is 2.20. The Kier molecular flexibility index (Phi) is 7.40. The van der Waals surface area contributed by atoms with Crippen LogP contribution in [0, 0.1) is 0 Å². The van der Waals surface area contributed by atoms with Gasteiger partial charge in [-0.3, -0.25) is 9.98 Å². The summed E-state index contributed by atoms with van der Waals surface area (Å²) in [6, 6.07) is 17.1. The van der Waals surface area contributed by atoms with Gasteiger partial charge in [-0.05, 0) is 35.4 Å². The van der Waals surface area contributed by atoms with Crippen LogP contribution in [0.4, 0.5) is 5.69 Å². The zero-order chi connectivity index (χ0) is 21.5. The molecule has 0 amide bonds. The molecule has 4 atom stereocenters. The minimum atomic E-state index is -1.69. The molecule has 0 spiro atoms. The SMILES string of the molecule is OC[C@H](O)[C@H](O)[C@H](O)[C@H](O)C=Nc1ccc(/C=C/c2ccnc3ccccc23)cc1. The van der Waals surface area contributed by atoms with Crippen LogP contribution in [0.25, 0.3) is 23.1 Å². The van der Waals surface area contributed by atoms with E-state index in [0.717, 1.165) is 28.2 Å². The summed E-state index contributed by atoms with van der Waals surface area (Å²) in [5.41, 5.74) is 3.49. The van der Waals surface area contributed by atoms with Crippen molar-refractivity contribution in [2.45, 2.75) is 24.4 Å².